The molecule has 2 N–H and O–H groups in total. The summed E-state index contributed by atoms with van der Waals surface area (Å²) in [7, 11) is 0. The number of thioether (sulfide) groups is 1. The molecule has 0 aliphatic carbocycles. The fraction of sp³-hybridized carbons (Fsp3) is 0.0909. The molecule has 0 radical (unpaired) electrons. The zero-order chi connectivity index (χ0) is 21.5. The Labute approximate surface area is 183 Å². The molecular weight excluding hydrogens is 435 g/mol. The molecule has 0 amide bonds. The van der Waals surface area contributed by atoms with Gasteiger partial charge in [0.1, 0.15) is 16.5 Å². The van der Waals surface area contributed by atoms with Crippen LogP contribution < -0.4 is 11.1 Å². The Hall–Kier alpha value is -3.30. The van der Waals surface area contributed by atoms with E-state index in [2.05, 4.69) is 19.9 Å². The Bertz CT molecular complexity index is 1540. The second-order valence-corrected chi connectivity index (χ2v) is 9.12. The first-order chi connectivity index (χ1) is 15.0. The van der Waals surface area contributed by atoms with Gasteiger partial charge in [-0.25, -0.2) is 14.4 Å². The molecule has 154 valence electrons. The maximum atomic E-state index is 13.2. The van der Waals surface area contributed by atoms with Gasteiger partial charge in [-0.15, -0.1) is 11.3 Å². The molecule has 0 saturated carbocycles. The van der Waals surface area contributed by atoms with Crippen LogP contribution in [0.1, 0.15) is 18.0 Å². The van der Waals surface area contributed by atoms with Gasteiger partial charge in [-0.3, -0.25) is 9.59 Å². The van der Waals surface area contributed by atoms with Crippen LogP contribution in [0.4, 0.5) is 4.39 Å². The first-order valence-electron chi connectivity index (χ1n) is 9.42. The number of aromatic amines is 2. The van der Waals surface area contributed by atoms with Crippen molar-refractivity contribution in [2.45, 2.75) is 17.3 Å². The minimum atomic E-state index is -0.330. The minimum absolute atomic E-state index is 0.202. The zero-order valence-electron chi connectivity index (χ0n) is 16.2. The van der Waals surface area contributed by atoms with Gasteiger partial charge >= 0.3 is 0 Å². The van der Waals surface area contributed by atoms with Crippen LogP contribution in [0.25, 0.3) is 32.2 Å². The minimum Gasteiger partial charge on any atom is -0.309 e. The van der Waals surface area contributed by atoms with E-state index in [9.17, 15) is 14.0 Å². The number of nitrogens with one attached hydrogen (secondary N) is 2. The quantitative estimate of drug-likeness (QED) is 0.301. The summed E-state index contributed by atoms with van der Waals surface area (Å²) in [6, 6.07) is 13.2. The van der Waals surface area contributed by atoms with Gasteiger partial charge in [0.15, 0.2) is 5.16 Å². The van der Waals surface area contributed by atoms with Gasteiger partial charge in [0, 0.05) is 10.9 Å². The topological polar surface area (TPSA) is 91.5 Å². The van der Waals surface area contributed by atoms with Crippen LogP contribution in [0.3, 0.4) is 0 Å². The molecule has 0 fully saturated rings. The van der Waals surface area contributed by atoms with Crippen molar-refractivity contribution < 1.29 is 4.39 Å². The van der Waals surface area contributed by atoms with Crippen molar-refractivity contribution in [1.82, 2.24) is 19.9 Å². The van der Waals surface area contributed by atoms with E-state index in [0.717, 1.165) is 11.1 Å². The number of hydrogen-bond donors (Lipinski definition) is 2. The van der Waals surface area contributed by atoms with Gasteiger partial charge < -0.3 is 9.97 Å². The molecular formula is C22H15FN4O2S2. The summed E-state index contributed by atoms with van der Waals surface area (Å²) in [6.45, 7) is 1.89. The smallest absolute Gasteiger partial charge is 0.260 e. The van der Waals surface area contributed by atoms with Gasteiger partial charge in [-0.2, -0.15) is 0 Å². The first-order valence-corrected chi connectivity index (χ1v) is 11.2. The Morgan fingerprint density at radius 1 is 1.00 bits per heavy atom. The van der Waals surface area contributed by atoms with E-state index in [1.807, 2.05) is 18.4 Å². The van der Waals surface area contributed by atoms with Gasteiger partial charge in [0.2, 0.25) is 0 Å². The number of thiophene rings is 1. The Morgan fingerprint density at radius 3 is 2.58 bits per heavy atom. The molecule has 6 nitrogen and oxygen atoms in total. The van der Waals surface area contributed by atoms with Crippen molar-refractivity contribution in [1.29, 1.82) is 0 Å². The lowest BCUT2D eigenvalue weighted by Crippen LogP contribution is -2.13. The van der Waals surface area contributed by atoms with E-state index in [1.54, 1.807) is 30.3 Å². The van der Waals surface area contributed by atoms with Crippen molar-refractivity contribution in [3.05, 3.63) is 86.3 Å². The molecule has 3 heterocycles. The number of fused-ring (bicyclic) bond motifs is 2. The van der Waals surface area contributed by atoms with Crippen LogP contribution in [0.5, 0.6) is 0 Å². The maximum Gasteiger partial charge on any atom is 0.260 e. The van der Waals surface area contributed by atoms with Gasteiger partial charge in [-0.1, -0.05) is 36.0 Å². The molecule has 2 aromatic carbocycles. The van der Waals surface area contributed by atoms with Crippen molar-refractivity contribution in [3.63, 3.8) is 0 Å². The van der Waals surface area contributed by atoms with Crippen LogP contribution >= 0.6 is 23.1 Å². The average Bonchev–Trinajstić information content (AvgIpc) is 3.19. The highest BCUT2D eigenvalue weighted by Gasteiger charge is 2.17. The molecule has 9 heteroatoms. The van der Waals surface area contributed by atoms with E-state index in [-0.39, 0.29) is 22.2 Å². The third-order valence-electron chi connectivity index (χ3n) is 4.88. The summed E-state index contributed by atoms with van der Waals surface area (Å²) < 4.78 is 13.2. The molecule has 0 unspecified atom stereocenters. The number of H-pyrrole nitrogens is 2. The number of halogens is 1. The van der Waals surface area contributed by atoms with Gasteiger partial charge in [-0.05, 0) is 36.8 Å². The van der Waals surface area contributed by atoms with Crippen LogP contribution in [-0.4, -0.2) is 19.9 Å². The molecule has 3 aromatic heterocycles. The third-order valence-corrected chi connectivity index (χ3v) is 6.75. The molecule has 5 rings (SSSR count). The Kier molecular flexibility index (Phi) is 4.91. The maximum absolute atomic E-state index is 13.2. The lowest BCUT2D eigenvalue weighted by Gasteiger charge is -2.10. The highest BCUT2D eigenvalue weighted by Crippen LogP contribution is 2.34. The standard InChI is InChI=1S/C22H15FN4O2S2/c1-11(18-24-16-5-3-2-4-14(16)19(28)25-18)31-22-26-20(29)17-15(10-30-21(17)27-22)12-6-8-13(23)9-7-12/h2-11H,1H3,(H,24,25,28)(H,26,27,29)/t11-/m1/s1. The fourth-order valence-corrected chi connectivity index (χ4v) is 5.21. The predicted octanol–water partition coefficient (Wildman–Crippen LogP) is 4.88. The largest absolute Gasteiger partial charge is 0.309 e. The molecule has 0 saturated heterocycles. The number of benzene rings is 2. The van der Waals surface area contributed by atoms with Gasteiger partial charge in [0.25, 0.3) is 11.1 Å². The number of rotatable bonds is 4. The lowest BCUT2D eigenvalue weighted by atomic mass is 10.1. The van der Waals surface area contributed by atoms with E-state index < -0.39 is 0 Å². The lowest BCUT2D eigenvalue weighted by molar-refractivity contribution is 0.628. The molecule has 0 bridgehead atoms. The predicted molar refractivity (Wildman–Crippen MR) is 122 cm³/mol. The fourth-order valence-electron chi connectivity index (χ4n) is 3.35. The van der Waals surface area contributed by atoms with E-state index in [0.29, 0.717) is 32.1 Å². The highest BCUT2D eigenvalue weighted by atomic mass is 32.2. The summed E-state index contributed by atoms with van der Waals surface area (Å²) in [6.07, 6.45) is 0. The van der Waals surface area contributed by atoms with Crippen molar-refractivity contribution >= 4 is 44.2 Å². The summed E-state index contributed by atoms with van der Waals surface area (Å²) in [5.41, 5.74) is 1.63. The van der Waals surface area contributed by atoms with Crippen LogP contribution in [-0.2, 0) is 0 Å². The summed E-state index contributed by atoms with van der Waals surface area (Å²) in [5, 5.41) is 3.05. The molecule has 1 atom stereocenters. The van der Waals surface area contributed by atoms with Crippen LogP contribution in [0.2, 0.25) is 0 Å². The van der Waals surface area contributed by atoms with Crippen molar-refractivity contribution in [2.24, 2.45) is 0 Å². The normalized spacial score (nSPS) is 12.5. The van der Waals surface area contributed by atoms with Crippen molar-refractivity contribution in [2.75, 3.05) is 0 Å². The average molecular weight is 451 g/mol. The molecule has 0 spiro atoms. The van der Waals surface area contributed by atoms with E-state index in [4.69, 9.17) is 0 Å². The monoisotopic (exact) mass is 450 g/mol. The number of para-hydroxylation sites is 1. The highest BCUT2D eigenvalue weighted by molar-refractivity contribution is 7.99. The summed E-state index contributed by atoms with van der Waals surface area (Å²) >= 11 is 2.66. The zero-order valence-corrected chi connectivity index (χ0v) is 17.8. The van der Waals surface area contributed by atoms with Crippen molar-refractivity contribution in [3.8, 4) is 11.1 Å². The first kappa shape index (κ1) is 19.7. The summed E-state index contributed by atoms with van der Waals surface area (Å²) in [4.78, 5) is 40.5. The SMILES string of the molecule is C[C@@H](Sc1nc2scc(-c3ccc(F)cc3)c2c(=O)[nH]1)c1nc2ccccc2c(=O)[nH]1. The molecule has 0 aliphatic heterocycles. The van der Waals surface area contributed by atoms with E-state index in [1.165, 1.54) is 35.2 Å². The van der Waals surface area contributed by atoms with E-state index >= 15 is 0 Å². The van der Waals surface area contributed by atoms with Crippen LogP contribution in [0, 0.1) is 5.82 Å². The second kappa shape index (κ2) is 7.75. The van der Waals surface area contributed by atoms with Gasteiger partial charge in [0.05, 0.1) is 21.5 Å². The third kappa shape index (κ3) is 3.66. The summed E-state index contributed by atoms with van der Waals surface area (Å²) in [5.74, 6) is 0.179. The molecule has 31 heavy (non-hydrogen) atoms. The number of hydrogen-bond acceptors (Lipinski definition) is 6. The number of aromatic nitrogens is 4. The Balaban J connectivity index is 1.49. The van der Waals surface area contributed by atoms with Crippen LogP contribution in [0.15, 0.2) is 68.7 Å². The number of nitrogens with zero attached hydrogens (tertiary/aromatic N) is 2. The second-order valence-electron chi connectivity index (χ2n) is 6.94. The molecule has 5 aromatic rings. The Morgan fingerprint density at radius 2 is 1.77 bits per heavy atom. The molecule has 0 aliphatic rings.